The van der Waals surface area contributed by atoms with Gasteiger partial charge in [-0.1, -0.05) is 31.5 Å². The Balaban J connectivity index is 2.27. The molecule has 24 heavy (non-hydrogen) atoms. The van der Waals surface area contributed by atoms with E-state index in [0.29, 0.717) is 4.88 Å². The van der Waals surface area contributed by atoms with Crippen molar-refractivity contribution in [3.8, 4) is 0 Å². The molecule has 6 nitrogen and oxygen atoms in total. The molecule has 0 aliphatic carbocycles. The lowest BCUT2D eigenvalue weighted by molar-refractivity contribution is -0.139. The summed E-state index contributed by atoms with van der Waals surface area (Å²) in [5, 5.41) is 12.8. The number of carbonyl (C=O) groups is 3. The molecule has 1 heterocycles. The lowest BCUT2D eigenvalue weighted by atomic mass is 10.1. The molecule has 4 N–H and O–H groups in total. The van der Waals surface area contributed by atoms with Crippen LogP contribution in [-0.4, -0.2) is 28.9 Å². The number of nitrogens with one attached hydrogen (secondary N) is 1. The van der Waals surface area contributed by atoms with Crippen LogP contribution >= 0.6 is 11.3 Å². The number of primary amides is 1. The molecule has 2 aromatic rings. The van der Waals surface area contributed by atoms with Crippen molar-refractivity contribution in [1.82, 2.24) is 5.32 Å². The Morgan fingerprint density at radius 3 is 2.62 bits per heavy atom. The van der Waals surface area contributed by atoms with Crippen LogP contribution in [0.4, 0.5) is 0 Å². The second-order valence-electron chi connectivity index (χ2n) is 5.53. The van der Waals surface area contributed by atoms with Crippen molar-refractivity contribution in [3.63, 3.8) is 0 Å². The fourth-order valence-corrected chi connectivity index (χ4v) is 3.70. The average molecular weight is 348 g/mol. The Bertz CT molecular complexity index is 769. The fraction of sp³-hybridized carbons (Fsp3) is 0.353. The van der Waals surface area contributed by atoms with Gasteiger partial charge in [-0.25, -0.2) is 4.79 Å². The van der Waals surface area contributed by atoms with Crippen LogP contribution < -0.4 is 11.1 Å². The van der Waals surface area contributed by atoms with E-state index in [1.807, 2.05) is 31.2 Å². The quantitative estimate of drug-likeness (QED) is 0.680. The Labute approximate surface area is 143 Å². The molecular formula is C17H20N2O4S. The number of nitrogens with two attached hydrogens (primary N) is 1. The first kappa shape index (κ1) is 17.9. The molecule has 0 fully saturated rings. The lowest BCUT2D eigenvalue weighted by Gasteiger charge is -2.13. The van der Waals surface area contributed by atoms with E-state index in [1.165, 1.54) is 11.3 Å². The molecule has 1 aromatic heterocycles. The fourth-order valence-electron chi connectivity index (χ4n) is 2.55. The van der Waals surface area contributed by atoms with Gasteiger partial charge < -0.3 is 16.2 Å². The molecule has 0 bridgehead atoms. The topological polar surface area (TPSA) is 109 Å². The molecule has 1 atom stereocenters. The van der Waals surface area contributed by atoms with Gasteiger partial charge in [0.25, 0.3) is 5.91 Å². The van der Waals surface area contributed by atoms with Crippen LogP contribution in [0.5, 0.6) is 0 Å². The molecule has 0 saturated carbocycles. The molecule has 1 aromatic carbocycles. The van der Waals surface area contributed by atoms with E-state index in [9.17, 15) is 19.5 Å². The minimum Gasteiger partial charge on any atom is -0.480 e. The molecule has 0 spiro atoms. The van der Waals surface area contributed by atoms with E-state index in [1.54, 1.807) is 0 Å². The summed E-state index contributed by atoms with van der Waals surface area (Å²) in [7, 11) is 0. The number of benzene rings is 1. The van der Waals surface area contributed by atoms with Crippen molar-refractivity contribution in [1.29, 1.82) is 0 Å². The number of hydrogen-bond donors (Lipinski definition) is 3. The molecule has 0 aliphatic rings. The summed E-state index contributed by atoms with van der Waals surface area (Å²) in [6.45, 7) is 2.03. The van der Waals surface area contributed by atoms with Crippen LogP contribution in [-0.2, 0) is 16.0 Å². The third kappa shape index (κ3) is 4.11. The molecule has 1 unspecified atom stereocenters. The van der Waals surface area contributed by atoms with E-state index in [-0.39, 0.29) is 12.8 Å². The third-order valence-electron chi connectivity index (χ3n) is 3.69. The maximum absolute atomic E-state index is 12.6. The van der Waals surface area contributed by atoms with Gasteiger partial charge in [0.2, 0.25) is 5.91 Å². The minimum absolute atomic E-state index is 0.0234. The highest BCUT2D eigenvalue weighted by Crippen LogP contribution is 2.32. The molecule has 0 radical (unpaired) electrons. The number of hydrogen-bond acceptors (Lipinski definition) is 4. The first-order valence-corrected chi connectivity index (χ1v) is 8.58. The van der Waals surface area contributed by atoms with Gasteiger partial charge in [-0.2, -0.15) is 0 Å². The third-order valence-corrected chi connectivity index (χ3v) is 4.90. The van der Waals surface area contributed by atoms with Crippen LogP contribution in [0, 0.1) is 0 Å². The second-order valence-corrected chi connectivity index (χ2v) is 6.58. The van der Waals surface area contributed by atoms with E-state index in [4.69, 9.17) is 5.73 Å². The number of amides is 2. The second kappa shape index (κ2) is 7.92. The Kier molecular flexibility index (Phi) is 5.92. The van der Waals surface area contributed by atoms with Gasteiger partial charge in [-0.05, 0) is 29.9 Å². The van der Waals surface area contributed by atoms with E-state index in [0.717, 1.165) is 28.5 Å². The number of aliphatic carboxylic acids is 1. The molecule has 0 aliphatic heterocycles. The highest BCUT2D eigenvalue weighted by molar-refractivity contribution is 7.21. The van der Waals surface area contributed by atoms with Gasteiger partial charge >= 0.3 is 5.97 Å². The Morgan fingerprint density at radius 1 is 1.29 bits per heavy atom. The molecule has 128 valence electrons. The van der Waals surface area contributed by atoms with Crippen molar-refractivity contribution in [2.24, 2.45) is 5.73 Å². The summed E-state index contributed by atoms with van der Waals surface area (Å²) in [4.78, 5) is 35.3. The van der Waals surface area contributed by atoms with Gasteiger partial charge in [0.1, 0.15) is 6.04 Å². The normalized spacial score (nSPS) is 12.0. The Hall–Kier alpha value is -2.41. The SMILES string of the molecule is CCCc1c(C(=O)NC(CCC(N)=O)C(=O)O)sc2ccccc12. The van der Waals surface area contributed by atoms with E-state index < -0.39 is 23.8 Å². The summed E-state index contributed by atoms with van der Waals surface area (Å²) in [5.74, 6) is -2.19. The number of fused-ring (bicyclic) bond motifs is 1. The maximum atomic E-state index is 12.6. The first-order valence-electron chi connectivity index (χ1n) is 7.76. The number of thiophene rings is 1. The molecule has 2 rings (SSSR count). The smallest absolute Gasteiger partial charge is 0.326 e. The van der Waals surface area contributed by atoms with Crippen LogP contribution in [0.3, 0.4) is 0 Å². The number of carbonyl (C=O) groups excluding carboxylic acids is 2. The predicted octanol–water partition coefficient (Wildman–Crippen LogP) is 2.30. The van der Waals surface area contributed by atoms with Gasteiger partial charge in [-0.3, -0.25) is 9.59 Å². The first-order chi connectivity index (χ1) is 11.4. The summed E-state index contributed by atoms with van der Waals surface area (Å²) < 4.78 is 0.995. The standard InChI is InChI=1S/C17H20N2O4S/c1-2-5-11-10-6-3-4-7-13(10)24-15(11)16(21)19-12(17(22)23)8-9-14(18)20/h3-4,6-7,12H,2,5,8-9H2,1H3,(H2,18,20)(H,19,21)(H,22,23). The molecule has 2 amide bonds. The molecule has 0 saturated heterocycles. The van der Waals surface area contributed by atoms with Gasteiger partial charge in [0, 0.05) is 11.1 Å². The summed E-state index contributed by atoms with van der Waals surface area (Å²) in [5.41, 5.74) is 5.99. The monoisotopic (exact) mass is 348 g/mol. The minimum atomic E-state index is -1.18. The maximum Gasteiger partial charge on any atom is 0.326 e. The molecule has 7 heteroatoms. The van der Waals surface area contributed by atoms with Crippen molar-refractivity contribution in [3.05, 3.63) is 34.7 Å². The Morgan fingerprint density at radius 2 is 2.00 bits per heavy atom. The van der Waals surface area contributed by atoms with E-state index in [2.05, 4.69) is 5.32 Å². The zero-order chi connectivity index (χ0) is 17.7. The van der Waals surface area contributed by atoms with Crippen molar-refractivity contribution in [2.45, 2.75) is 38.6 Å². The van der Waals surface area contributed by atoms with Crippen molar-refractivity contribution >= 4 is 39.2 Å². The van der Waals surface area contributed by atoms with Crippen LogP contribution in [0.25, 0.3) is 10.1 Å². The highest BCUT2D eigenvalue weighted by atomic mass is 32.1. The summed E-state index contributed by atoms with van der Waals surface area (Å²) >= 11 is 1.35. The highest BCUT2D eigenvalue weighted by Gasteiger charge is 2.24. The van der Waals surface area contributed by atoms with Gasteiger partial charge in [0.15, 0.2) is 0 Å². The van der Waals surface area contributed by atoms with Crippen molar-refractivity contribution in [2.75, 3.05) is 0 Å². The van der Waals surface area contributed by atoms with Crippen LogP contribution in [0.2, 0.25) is 0 Å². The molecular weight excluding hydrogens is 328 g/mol. The average Bonchev–Trinajstić information content (AvgIpc) is 2.90. The zero-order valence-electron chi connectivity index (χ0n) is 13.4. The number of rotatable bonds is 8. The zero-order valence-corrected chi connectivity index (χ0v) is 14.2. The summed E-state index contributed by atoms with van der Waals surface area (Å²) in [6.07, 6.45) is 1.51. The van der Waals surface area contributed by atoms with Gasteiger partial charge in [0.05, 0.1) is 4.88 Å². The summed E-state index contributed by atoms with van der Waals surface area (Å²) in [6, 6.07) is 6.60. The van der Waals surface area contributed by atoms with Crippen molar-refractivity contribution < 1.29 is 19.5 Å². The lowest BCUT2D eigenvalue weighted by Crippen LogP contribution is -2.41. The largest absolute Gasteiger partial charge is 0.480 e. The van der Waals surface area contributed by atoms with Gasteiger partial charge in [-0.15, -0.1) is 11.3 Å². The number of carboxylic acids is 1. The predicted molar refractivity (Wildman–Crippen MR) is 93.1 cm³/mol. The van der Waals surface area contributed by atoms with Crippen LogP contribution in [0.15, 0.2) is 24.3 Å². The number of carboxylic acid groups (broad SMARTS) is 1. The van der Waals surface area contributed by atoms with Crippen LogP contribution in [0.1, 0.15) is 41.4 Å². The van der Waals surface area contributed by atoms with E-state index >= 15 is 0 Å². The number of aryl methyl sites for hydroxylation is 1.